The highest BCUT2D eigenvalue weighted by Gasteiger charge is 2.03. The fraction of sp³-hybridized carbons (Fsp3) is 0.333. The summed E-state index contributed by atoms with van der Waals surface area (Å²) in [5, 5.41) is 3.49. The summed E-state index contributed by atoms with van der Waals surface area (Å²) < 4.78 is 0. The topological polar surface area (TPSA) is 15.3 Å². The molecule has 1 aliphatic carbocycles. The molecule has 2 nitrogen and oxygen atoms in total. The largest absolute Gasteiger partial charge is 0.361 e. The van der Waals surface area contributed by atoms with E-state index in [9.17, 15) is 0 Å². The standard InChI is InChI=1S/C15H22N2/c1-4-5-7-12-15(13-17(2)3)16-14-10-8-6-9-11-14/h4-8,10,12,16H,1,9,11,13H2,2-3H3/b7-5-,15-12+. The van der Waals surface area contributed by atoms with Crippen LogP contribution in [0.2, 0.25) is 0 Å². The van der Waals surface area contributed by atoms with Gasteiger partial charge in [0.1, 0.15) is 0 Å². The summed E-state index contributed by atoms with van der Waals surface area (Å²) in [6.07, 6.45) is 16.5. The molecule has 2 heteroatoms. The van der Waals surface area contributed by atoms with E-state index >= 15 is 0 Å². The lowest BCUT2D eigenvalue weighted by molar-refractivity contribution is 0.436. The van der Waals surface area contributed by atoms with Gasteiger partial charge in [-0.3, -0.25) is 0 Å². The monoisotopic (exact) mass is 230 g/mol. The van der Waals surface area contributed by atoms with E-state index in [1.807, 2.05) is 12.2 Å². The van der Waals surface area contributed by atoms with Gasteiger partial charge < -0.3 is 10.2 Å². The third kappa shape index (κ3) is 5.93. The number of nitrogens with one attached hydrogen (secondary N) is 1. The van der Waals surface area contributed by atoms with Crippen LogP contribution in [0.15, 0.2) is 60.5 Å². The van der Waals surface area contributed by atoms with Crippen LogP contribution in [0.5, 0.6) is 0 Å². The third-order valence-corrected chi connectivity index (χ3v) is 2.37. The van der Waals surface area contributed by atoms with Crippen LogP contribution < -0.4 is 5.32 Å². The maximum atomic E-state index is 3.67. The van der Waals surface area contributed by atoms with Gasteiger partial charge in [0.2, 0.25) is 0 Å². The van der Waals surface area contributed by atoms with E-state index in [0.29, 0.717) is 0 Å². The molecular formula is C15H22N2. The molecular weight excluding hydrogens is 208 g/mol. The van der Waals surface area contributed by atoms with E-state index in [1.54, 1.807) is 6.08 Å². The van der Waals surface area contributed by atoms with Gasteiger partial charge in [-0.2, -0.15) is 0 Å². The second-order valence-electron chi connectivity index (χ2n) is 4.33. The zero-order chi connectivity index (χ0) is 12.5. The summed E-state index contributed by atoms with van der Waals surface area (Å²) in [4.78, 5) is 2.15. The molecule has 0 atom stereocenters. The predicted molar refractivity (Wildman–Crippen MR) is 75.6 cm³/mol. The summed E-state index contributed by atoms with van der Waals surface area (Å²) in [6, 6.07) is 0. The first-order valence-corrected chi connectivity index (χ1v) is 5.98. The summed E-state index contributed by atoms with van der Waals surface area (Å²) >= 11 is 0. The normalized spacial score (nSPS) is 16.4. The van der Waals surface area contributed by atoms with Crippen LogP contribution in [0.4, 0.5) is 0 Å². The van der Waals surface area contributed by atoms with Crippen molar-refractivity contribution in [3.05, 3.63) is 60.5 Å². The SMILES string of the molecule is C=C/C=C\C=C(/CN(C)C)NC1=CC=CCC1. The predicted octanol–water partition coefficient (Wildman–Crippen LogP) is 3.00. The number of allylic oxidation sites excluding steroid dienone is 8. The van der Waals surface area contributed by atoms with Gasteiger partial charge in [-0.15, -0.1) is 0 Å². The Kier molecular flexibility index (Phi) is 6.12. The highest BCUT2D eigenvalue weighted by molar-refractivity contribution is 5.24. The average molecular weight is 230 g/mol. The van der Waals surface area contributed by atoms with Crippen LogP contribution >= 0.6 is 0 Å². The molecule has 0 saturated heterocycles. The molecule has 0 aliphatic heterocycles. The van der Waals surface area contributed by atoms with E-state index in [2.05, 4.69) is 55.2 Å². The Hall–Kier alpha value is -1.54. The van der Waals surface area contributed by atoms with Crippen LogP contribution in [-0.2, 0) is 0 Å². The van der Waals surface area contributed by atoms with E-state index in [0.717, 1.165) is 19.4 Å². The van der Waals surface area contributed by atoms with Gasteiger partial charge in [0.15, 0.2) is 0 Å². The highest BCUT2D eigenvalue weighted by atomic mass is 15.1. The number of hydrogen-bond acceptors (Lipinski definition) is 2. The Morgan fingerprint density at radius 3 is 2.88 bits per heavy atom. The Labute approximate surface area is 105 Å². The van der Waals surface area contributed by atoms with Gasteiger partial charge in [-0.05, 0) is 39.1 Å². The maximum Gasteiger partial charge on any atom is 0.0379 e. The lowest BCUT2D eigenvalue weighted by Crippen LogP contribution is -2.24. The first-order valence-electron chi connectivity index (χ1n) is 5.98. The van der Waals surface area contributed by atoms with E-state index < -0.39 is 0 Å². The molecule has 1 aliphatic rings. The molecule has 0 unspecified atom stereocenters. The molecule has 0 spiro atoms. The molecule has 0 radical (unpaired) electrons. The van der Waals surface area contributed by atoms with Crippen LogP contribution in [0.25, 0.3) is 0 Å². The molecule has 0 aromatic heterocycles. The second-order valence-corrected chi connectivity index (χ2v) is 4.33. The van der Waals surface area contributed by atoms with Crippen LogP contribution in [0.1, 0.15) is 12.8 Å². The molecule has 92 valence electrons. The van der Waals surface area contributed by atoms with Crippen molar-refractivity contribution in [1.82, 2.24) is 10.2 Å². The summed E-state index contributed by atoms with van der Waals surface area (Å²) in [6.45, 7) is 4.57. The molecule has 1 rings (SSSR count). The van der Waals surface area contributed by atoms with Gasteiger partial charge >= 0.3 is 0 Å². The maximum absolute atomic E-state index is 3.67. The third-order valence-electron chi connectivity index (χ3n) is 2.37. The van der Waals surface area contributed by atoms with Gasteiger partial charge in [-0.25, -0.2) is 0 Å². The van der Waals surface area contributed by atoms with Gasteiger partial charge in [0.25, 0.3) is 0 Å². The van der Waals surface area contributed by atoms with Crippen molar-refractivity contribution in [2.75, 3.05) is 20.6 Å². The summed E-state index contributed by atoms with van der Waals surface area (Å²) in [5.41, 5.74) is 2.49. The number of rotatable bonds is 6. The molecule has 17 heavy (non-hydrogen) atoms. The van der Waals surface area contributed by atoms with E-state index in [4.69, 9.17) is 0 Å². The number of nitrogens with zero attached hydrogens (tertiary/aromatic N) is 1. The van der Waals surface area contributed by atoms with Crippen LogP contribution in [0.3, 0.4) is 0 Å². The average Bonchev–Trinajstić information content (AvgIpc) is 2.30. The van der Waals surface area contributed by atoms with Crippen molar-refractivity contribution in [3.8, 4) is 0 Å². The molecule has 1 N–H and O–H groups in total. The lowest BCUT2D eigenvalue weighted by Gasteiger charge is -2.18. The van der Waals surface area contributed by atoms with Crippen molar-refractivity contribution in [2.24, 2.45) is 0 Å². The molecule has 0 amide bonds. The van der Waals surface area contributed by atoms with Gasteiger partial charge in [-0.1, -0.05) is 37.0 Å². The minimum Gasteiger partial charge on any atom is -0.361 e. The summed E-state index contributed by atoms with van der Waals surface area (Å²) in [5.74, 6) is 0. The Bertz CT molecular complexity index is 357. The highest BCUT2D eigenvalue weighted by Crippen LogP contribution is 2.10. The van der Waals surface area contributed by atoms with Crippen molar-refractivity contribution in [1.29, 1.82) is 0 Å². The van der Waals surface area contributed by atoms with Crippen molar-refractivity contribution < 1.29 is 0 Å². The van der Waals surface area contributed by atoms with E-state index in [1.165, 1.54) is 11.4 Å². The first-order chi connectivity index (χ1) is 8.22. The molecule has 0 saturated carbocycles. The van der Waals surface area contributed by atoms with E-state index in [-0.39, 0.29) is 0 Å². The summed E-state index contributed by atoms with van der Waals surface area (Å²) in [7, 11) is 4.14. The van der Waals surface area contributed by atoms with Crippen molar-refractivity contribution >= 4 is 0 Å². The Balaban J connectivity index is 2.65. The number of likely N-dealkylation sites (N-methyl/N-ethyl adjacent to an activating group) is 1. The lowest BCUT2D eigenvalue weighted by atomic mass is 10.1. The molecule has 0 fully saturated rings. The van der Waals surface area contributed by atoms with Crippen LogP contribution in [-0.4, -0.2) is 25.5 Å². The molecule has 0 heterocycles. The minimum absolute atomic E-state index is 0.905. The quantitative estimate of drug-likeness (QED) is 0.706. The van der Waals surface area contributed by atoms with Crippen LogP contribution in [0, 0.1) is 0 Å². The second kappa shape index (κ2) is 7.69. The van der Waals surface area contributed by atoms with Gasteiger partial charge in [0, 0.05) is 17.9 Å². The molecule has 0 bridgehead atoms. The minimum atomic E-state index is 0.905. The number of hydrogen-bond donors (Lipinski definition) is 1. The van der Waals surface area contributed by atoms with Gasteiger partial charge in [0.05, 0.1) is 0 Å². The first kappa shape index (κ1) is 13.5. The molecule has 0 aromatic carbocycles. The zero-order valence-electron chi connectivity index (χ0n) is 10.8. The van der Waals surface area contributed by atoms with Crippen molar-refractivity contribution in [3.63, 3.8) is 0 Å². The van der Waals surface area contributed by atoms with Crippen molar-refractivity contribution in [2.45, 2.75) is 12.8 Å². The fourth-order valence-electron chi connectivity index (χ4n) is 1.64. The zero-order valence-corrected chi connectivity index (χ0v) is 10.8. The Morgan fingerprint density at radius 1 is 1.47 bits per heavy atom. The smallest absolute Gasteiger partial charge is 0.0379 e. The fourth-order valence-corrected chi connectivity index (χ4v) is 1.64. The Morgan fingerprint density at radius 2 is 2.29 bits per heavy atom. The molecule has 0 aromatic rings.